The van der Waals surface area contributed by atoms with Crippen molar-refractivity contribution >= 4 is 29.9 Å². The van der Waals surface area contributed by atoms with E-state index in [0.717, 1.165) is 18.3 Å². The third kappa shape index (κ3) is 6.42. The van der Waals surface area contributed by atoms with E-state index in [-0.39, 0.29) is 30.0 Å². The average Bonchev–Trinajstić information content (AvgIpc) is 3.28. The second-order valence-electron chi connectivity index (χ2n) is 6.13. The topological polar surface area (TPSA) is 45.7 Å². The predicted octanol–water partition coefficient (Wildman–Crippen LogP) is 3.73. The van der Waals surface area contributed by atoms with Gasteiger partial charge in [0.15, 0.2) is 5.96 Å². The van der Waals surface area contributed by atoms with Gasteiger partial charge in [0.2, 0.25) is 0 Å². The van der Waals surface area contributed by atoms with E-state index in [9.17, 15) is 0 Å². The van der Waals surface area contributed by atoms with Crippen LogP contribution in [0.3, 0.4) is 0 Å². The first-order valence-corrected chi connectivity index (χ1v) is 7.81. The Kier molecular flexibility index (Phi) is 8.00. The number of halogens is 1. The molecule has 2 N–H and O–H groups in total. The molecule has 1 saturated carbocycles. The molecule has 1 aliphatic rings. The maximum atomic E-state index is 5.71. The van der Waals surface area contributed by atoms with E-state index in [4.69, 9.17) is 4.74 Å². The van der Waals surface area contributed by atoms with Gasteiger partial charge in [0.05, 0.1) is 12.6 Å². The first kappa shape index (κ1) is 19.1. The summed E-state index contributed by atoms with van der Waals surface area (Å²) in [5.74, 6) is 2.35. The van der Waals surface area contributed by atoms with E-state index < -0.39 is 0 Å². The molecule has 124 valence electrons. The van der Waals surface area contributed by atoms with Crippen molar-refractivity contribution in [2.75, 3.05) is 13.7 Å². The number of guanidine groups is 1. The minimum absolute atomic E-state index is 0. The molecular weight excluding hydrogens is 389 g/mol. The minimum Gasteiger partial charge on any atom is -0.493 e. The Morgan fingerprint density at radius 1 is 1.23 bits per heavy atom. The normalized spacial score (nSPS) is 16.0. The molecule has 0 saturated heterocycles. The highest BCUT2D eigenvalue weighted by Gasteiger charge is 2.22. The van der Waals surface area contributed by atoms with E-state index >= 15 is 0 Å². The fourth-order valence-electron chi connectivity index (χ4n) is 2.00. The van der Waals surface area contributed by atoms with Crippen LogP contribution in [0.4, 0.5) is 0 Å². The quantitative estimate of drug-likeness (QED) is 0.421. The number of ether oxygens (including phenoxy) is 1. The Bertz CT molecular complexity index is 469. The molecule has 0 aromatic heterocycles. The Labute approximate surface area is 151 Å². The van der Waals surface area contributed by atoms with Crippen LogP contribution >= 0.6 is 24.0 Å². The van der Waals surface area contributed by atoms with Gasteiger partial charge in [-0.3, -0.25) is 4.99 Å². The van der Waals surface area contributed by atoms with Crippen LogP contribution < -0.4 is 15.4 Å². The summed E-state index contributed by atoms with van der Waals surface area (Å²) >= 11 is 0. The monoisotopic (exact) mass is 417 g/mol. The Hall–Kier alpha value is -0.980. The number of aliphatic imine (C=N–C) groups is 1. The van der Waals surface area contributed by atoms with E-state index in [1.807, 2.05) is 19.2 Å². The zero-order chi connectivity index (χ0) is 15.2. The number of hydrogen-bond acceptors (Lipinski definition) is 2. The average molecular weight is 417 g/mol. The molecule has 0 amide bonds. The van der Waals surface area contributed by atoms with E-state index in [1.165, 1.54) is 18.4 Å². The molecule has 1 atom stereocenters. The summed E-state index contributed by atoms with van der Waals surface area (Å²) in [6.45, 7) is 7.20. The fourth-order valence-corrected chi connectivity index (χ4v) is 2.00. The van der Waals surface area contributed by atoms with Gasteiger partial charge < -0.3 is 15.4 Å². The predicted molar refractivity (Wildman–Crippen MR) is 103 cm³/mol. The summed E-state index contributed by atoms with van der Waals surface area (Å²) in [7, 11) is 1.81. The lowest BCUT2D eigenvalue weighted by Crippen LogP contribution is -2.39. The molecule has 4 nitrogen and oxygen atoms in total. The standard InChI is InChI=1S/C17H27N3O.HI/c1-12(2)11-21-16-9-5-14(6-10-16)13(3)19-17(18-4)20-15-7-8-15;/h5-6,9-10,12-13,15H,7-8,11H2,1-4H3,(H2,18,19,20);1H. The Balaban J connectivity index is 0.00000242. The molecule has 0 radical (unpaired) electrons. The number of benzene rings is 1. The zero-order valence-electron chi connectivity index (χ0n) is 13.9. The lowest BCUT2D eigenvalue weighted by atomic mass is 10.1. The van der Waals surface area contributed by atoms with Crippen LogP contribution in [0.5, 0.6) is 5.75 Å². The second-order valence-corrected chi connectivity index (χ2v) is 6.13. The molecule has 1 aromatic rings. The molecule has 0 aliphatic heterocycles. The molecular formula is C17H28IN3O. The van der Waals surface area contributed by atoms with Crippen molar-refractivity contribution in [2.24, 2.45) is 10.9 Å². The largest absolute Gasteiger partial charge is 0.493 e. The molecule has 2 rings (SSSR count). The molecule has 1 aliphatic carbocycles. The van der Waals surface area contributed by atoms with Crippen LogP contribution in [0.2, 0.25) is 0 Å². The summed E-state index contributed by atoms with van der Waals surface area (Å²) in [6, 6.07) is 9.11. The molecule has 0 bridgehead atoms. The molecule has 22 heavy (non-hydrogen) atoms. The highest BCUT2D eigenvalue weighted by Crippen LogP contribution is 2.20. The van der Waals surface area contributed by atoms with Gasteiger partial charge in [0.1, 0.15) is 5.75 Å². The smallest absolute Gasteiger partial charge is 0.191 e. The van der Waals surface area contributed by atoms with Crippen molar-refractivity contribution in [2.45, 2.75) is 45.7 Å². The number of nitrogens with zero attached hydrogens (tertiary/aromatic N) is 1. The van der Waals surface area contributed by atoms with Gasteiger partial charge in [-0.05, 0) is 43.4 Å². The van der Waals surface area contributed by atoms with Crippen LogP contribution in [0.1, 0.15) is 45.2 Å². The molecule has 1 aromatic carbocycles. The van der Waals surface area contributed by atoms with Crippen molar-refractivity contribution in [1.82, 2.24) is 10.6 Å². The van der Waals surface area contributed by atoms with Crippen LogP contribution in [0.15, 0.2) is 29.3 Å². The van der Waals surface area contributed by atoms with Gasteiger partial charge in [-0.25, -0.2) is 0 Å². The van der Waals surface area contributed by atoms with Crippen molar-refractivity contribution in [3.63, 3.8) is 0 Å². The summed E-state index contributed by atoms with van der Waals surface area (Å²) in [5, 5.41) is 6.82. The van der Waals surface area contributed by atoms with E-state index in [1.54, 1.807) is 0 Å². The van der Waals surface area contributed by atoms with Crippen LogP contribution in [0.25, 0.3) is 0 Å². The van der Waals surface area contributed by atoms with E-state index in [2.05, 4.69) is 48.5 Å². The molecule has 0 heterocycles. The van der Waals surface area contributed by atoms with Crippen molar-refractivity contribution in [3.8, 4) is 5.75 Å². The molecule has 1 unspecified atom stereocenters. The van der Waals surface area contributed by atoms with Gasteiger partial charge in [-0.1, -0.05) is 26.0 Å². The van der Waals surface area contributed by atoms with Gasteiger partial charge in [0.25, 0.3) is 0 Å². The van der Waals surface area contributed by atoms with Gasteiger partial charge in [-0.15, -0.1) is 24.0 Å². The summed E-state index contributed by atoms with van der Waals surface area (Å²) in [5.41, 5.74) is 1.23. The second kappa shape index (κ2) is 9.22. The van der Waals surface area contributed by atoms with Crippen molar-refractivity contribution in [1.29, 1.82) is 0 Å². The Morgan fingerprint density at radius 3 is 2.36 bits per heavy atom. The summed E-state index contributed by atoms with van der Waals surface area (Å²) < 4.78 is 5.71. The maximum absolute atomic E-state index is 5.71. The maximum Gasteiger partial charge on any atom is 0.191 e. The van der Waals surface area contributed by atoms with Crippen LogP contribution in [-0.4, -0.2) is 25.7 Å². The molecule has 1 fully saturated rings. The van der Waals surface area contributed by atoms with Crippen LogP contribution in [0, 0.1) is 5.92 Å². The lowest BCUT2D eigenvalue weighted by molar-refractivity contribution is 0.271. The van der Waals surface area contributed by atoms with Crippen LogP contribution in [-0.2, 0) is 0 Å². The summed E-state index contributed by atoms with van der Waals surface area (Å²) in [6.07, 6.45) is 2.49. The highest BCUT2D eigenvalue weighted by molar-refractivity contribution is 14.0. The number of nitrogens with one attached hydrogen (secondary N) is 2. The van der Waals surface area contributed by atoms with Gasteiger partial charge in [-0.2, -0.15) is 0 Å². The van der Waals surface area contributed by atoms with Crippen molar-refractivity contribution in [3.05, 3.63) is 29.8 Å². The summed E-state index contributed by atoms with van der Waals surface area (Å²) in [4.78, 5) is 4.27. The minimum atomic E-state index is 0. The Morgan fingerprint density at radius 2 is 1.86 bits per heavy atom. The van der Waals surface area contributed by atoms with Gasteiger partial charge >= 0.3 is 0 Å². The third-order valence-electron chi connectivity index (χ3n) is 3.46. The number of rotatable bonds is 6. The fraction of sp³-hybridized carbons (Fsp3) is 0.588. The van der Waals surface area contributed by atoms with Crippen molar-refractivity contribution < 1.29 is 4.74 Å². The lowest BCUT2D eigenvalue weighted by Gasteiger charge is -2.18. The SMILES string of the molecule is CN=C(NC1CC1)NC(C)c1ccc(OCC(C)C)cc1.I. The molecule has 5 heteroatoms. The molecule has 0 spiro atoms. The first-order valence-electron chi connectivity index (χ1n) is 7.81. The first-order chi connectivity index (χ1) is 10.1. The highest BCUT2D eigenvalue weighted by atomic mass is 127. The third-order valence-corrected chi connectivity index (χ3v) is 3.46. The van der Waals surface area contributed by atoms with Gasteiger partial charge in [0, 0.05) is 13.1 Å². The van der Waals surface area contributed by atoms with E-state index in [0.29, 0.717) is 12.0 Å². The number of hydrogen-bond donors (Lipinski definition) is 2. The zero-order valence-corrected chi connectivity index (χ0v) is 16.3.